The van der Waals surface area contributed by atoms with Crippen LogP contribution in [0.4, 0.5) is 0 Å². The lowest BCUT2D eigenvalue weighted by molar-refractivity contribution is 0.152. The zero-order valence-electron chi connectivity index (χ0n) is 10.5. The van der Waals surface area contributed by atoms with Gasteiger partial charge in [0.15, 0.2) is 4.77 Å². The maximum atomic E-state index is 5.38. The van der Waals surface area contributed by atoms with Gasteiger partial charge in [0.05, 0.1) is 17.6 Å². The van der Waals surface area contributed by atoms with Crippen molar-refractivity contribution >= 4 is 23.3 Å². The van der Waals surface area contributed by atoms with Crippen LogP contribution in [0.5, 0.6) is 0 Å². The second kappa shape index (κ2) is 5.02. The summed E-state index contributed by atoms with van der Waals surface area (Å²) in [5.74, 6) is 0.449. The van der Waals surface area contributed by atoms with Gasteiger partial charge < -0.3 is 14.3 Å². The van der Waals surface area contributed by atoms with Crippen molar-refractivity contribution in [3.05, 3.63) is 28.5 Å². The van der Waals surface area contributed by atoms with E-state index in [0.717, 1.165) is 23.4 Å². The lowest BCUT2D eigenvalue weighted by Gasteiger charge is -2.12. The molecule has 2 rings (SSSR count). The average Bonchev–Trinajstić information content (AvgIpc) is 2.57. The third-order valence-electron chi connectivity index (χ3n) is 2.94. The van der Waals surface area contributed by atoms with Gasteiger partial charge in [0.2, 0.25) is 0 Å². The molecule has 0 aliphatic carbocycles. The first-order valence-corrected chi connectivity index (χ1v) is 6.21. The molecular weight excluding hydrogens is 232 g/mol. The van der Waals surface area contributed by atoms with Crippen molar-refractivity contribution < 1.29 is 4.74 Å². The van der Waals surface area contributed by atoms with Gasteiger partial charge in [-0.3, -0.25) is 0 Å². The fourth-order valence-electron chi connectivity index (χ4n) is 2.23. The SMILES string of the molecule is COCC(C)Cn1c(=S)[nH]c2cccc(C)c21. The van der Waals surface area contributed by atoms with Gasteiger partial charge in [-0.2, -0.15) is 0 Å². The lowest BCUT2D eigenvalue weighted by Crippen LogP contribution is -2.12. The Kier molecular flexibility index (Phi) is 3.64. The Bertz CT molecular complexity index is 570. The van der Waals surface area contributed by atoms with E-state index in [2.05, 4.69) is 35.5 Å². The first-order valence-electron chi connectivity index (χ1n) is 5.80. The highest BCUT2D eigenvalue weighted by atomic mass is 32.1. The van der Waals surface area contributed by atoms with Crippen LogP contribution in [0.1, 0.15) is 12.5 Å². The molecule has 0 fully saturated rings. The van der Waals surface area contributed by atoms with Crippen LogP contribution in [0.15, 0.2) is 18.2 Å². The van der Waals surface area contributed by atoms with Crippen LogP contribution < -0.4 is 0 Å². The highest BCUT2D eigenvalue weighted by molar-refractivity contribution is 7.71. The lowest BCUT2D eigenvalue weighted by atomic mass is 10.1. The third kappa shape index (κ3) is 2.42. The maximum absolute atomic E-state index is 5.38. The van der Waals surface area contributed by atoms with Crippen LogP contribution in [-0.2, 0) is 11.3 Å². The van der Waals surface area contributed by atoms with Gasteiger partial charge in [-0.15, -0.1) is 0 Å². The number of nitrogens with zero attached hydrogens (tertiary/aromatic N) is 1. The van der Waals surface area contributed by atoms with Crippen LogP contribution in [-0.4, -0.2) is 23.3 Å². The number of rotatable bonds is 4. The molecule has 1 atom stereocenters. The van der Waals surface area contributed by atoms with Crippen LogP contribution in [0.2, 0.25) is 0 Å². The molecule has 1 N–H and O–H groups in total. The summed E-state index contributed by atoms with van der Waals surface area (Å²) in [6, 6.07) is 6.23. The van der Waals surface area contributed by atoms with Gasteiger partial charge in [0, 0.05) is 13.7 Å². The van der Waals surface area contributed by atoms with Gasteiger partial charge in [0.25, 0.3) is 0 Å². The summed E-state index contributed by atoms with van der Waals surface area (Å²) in [7, 11) is 1.73. The second-order valence-corrected chi connectivity index (χ2v) is 4.96. The molecular formula is C13H18N2OS. The molecule has 0 saturated heterocycles. The molecule has 3 nitrogen and oxygen atoms in total. The minimum absolute atomic E-state index is 0.449. The number of benzene rings is 1. The predicted molar refractivity (Wildman–Crippen MR) is 72.9 cm³/mol. The largest absolute Gasteiger partial charge is 0.384 e. The normalized spacial score (nSPS) is 13.1. The summed E-state index contributed by atoms with van der Waals surface area (Å²) in [5, 5.41) is 0. The fraction of sp³-hybridized carbons (Fsp3) is 0.462. The molecule has 0 aliphatic heterocycles. The van der Waals surface area contributed by atoms with E-state index in [1.165, 1.54) is 11.1 Å². The molecule has 1 heterocycles. The summed E-state index contributed by atoms with van der Waals surface area (Å²) in [6.45, 7) is 5.92. The van der Waals surface area contributed by atoms with Gasteiger partial charge >= 0.3 is 0 Å². The van der Waals surface area contributed by atoms with Crippen LogP contribution >= 0.6 is 12.2 Å². The Hall–Kier alpha value is -1.13. The van der Waals surface area contributed by atoms with Crippen LogP contribution in [0.25, 0.3) is 11.0 Å². The van der Waals surface area contributed by atoms with Crippen molar-refractivity contribution in [2.45, 2.75) is 20.4 Å². The highest BCUT2D eigenvalue weighted by Crippen LogP contribution is 2.19. The van der Waals surface area contributed by atoms with E-state index in [4.69, 9.17) is 17.0 Å². The van der Waals surface area contributed by atoms with Crippen molar-refractivity contribution in [1.82, 2.24) is 9.55 Å². The summed E-state index contributed by atoms with van der Waals surface area (Å²) >= 11 is 5.38. The number of hydrogen-bond acceptors (Lipinski definition) is 2. The molecule has 1 aromatic carbocycles. The van der Waals surface area contributed by atoms with Gasteiger partial charge in [-0.25, -0.2) is 0 Å². The molecule has 0 saturated carbocycles. The van der Waals surface area contributed by atoms with Crippen molar-refractivity contribution in [2.75, 3.05) is 13.7 Å². The summed E-state index contributed by atoms with van der Waals surface area (Å²) in [5.41, 5.74) is 3.57. The Morgan fingerprint density at radius 2 is 2.24 bits per heavy atom. The van der Waals surface area contributed by atoms with Crippen LogP contribution in [0.3, 0.4) is 0 Å². The minimum Gasteiger partial charge on any atom is -0.384 e. The van der Waals surface area contributed by atoms with Crippen molar-refractivity contribution in [2.24, 2.45) is 5.92 Å². The molecule has 4 heteroatoms. The fourth-order valence-corrected chi connectivity index (χ4v) is 2.50. The van der Waals surface area contributed by atoms with Crippen molar-refractivity contribution in [3.63, 3.8) is 0 Å². The van der Waals surface area contributed by atoms with E-state index in [1.54, 1.807) is 7.11 Å². The number of para-hydroxylation sites is 1. The zero-order chi connectivity index (χ0) is 12.4. The molecule has 0 amide bonds. The predicted octanol–water partition coefficient (Wildman–Crippen LogP) is 3.29. The number of fused-ring (bicyclic) bond motifs is 1. The van der Waals surface area contributed by atoms with Gasteiger partial charge in [-0.05, 0) is 36.7 Å². The maximum Gasteiger partial charge on any atom is 0.178 e. The monoisotopic (exact) mass is 250 g/mol. The zero-order valence-corrected chi connectivity index (χ0v) is 11.3. The number of imidazole rings is 1. The van der Waals surface area contributed by atoms with Crippen LogP contribution in [0, 0.1) is 17.6 Å². The number of aryl methyl sites for hydroxylation is 1. The second-order valence-electron chi connectivity index (χ2n) is 4.57. The van der Waals surface area contributed by atoms with Gasteiger partial charge in [-0.1, -0.05) is 19.1 Å². The Morgan fingerprint density at radius 3 is 2.94 bits per heavy atom. The molecule has 1 aromatic heterocycles. The molecule has 0 spiro atoms. The summed E-state index contributed by atoms with van der Waals surface area (Å²) < 4.78 is 8.14. The summed E-state index contributed by atoms with van der Waals surface area (Å²) in [4.78, 5) is 3.25. The molecule has 1 unspecified atom stereocenters. The molecule has 0 bridgehead atoms. The summed E-state index contributed by atoms with van der Waals surface area (Å²) in [6.07, 6.45) is 0. The highest BCUT2D eigenvalue weighted by Gasteiger charge is 2.09. The Balaban J connectivity index is 2.46. The average molecular weight is 250 g/mol. The van der Waals surface area contributed by atoms with E-state index in [1.807, 2.05) is 6.07 Å². The molecule has 17 heavy (non-hydrogen) atoms. The Morgan fingerprint density at radius 1 is 1.47 bits per heavy atom. The number of H-pyrrole nitrogens is 1. The minimum atomic E-state index is 0.449. The number of nitrogens with one attached hydrogen (secondary N) is 1. The van der Waals surface area contributed by atoms with Crippen molar-refractivity contribution in [3.8, 4) is 0 Å². The van der Waals surface area contributed by atoms with E-state index < -0.39 is 0 Å². The standard InChI is InChI=1S/C13H18N2OS/c1-9(8-16-3)7-15-12-10(2)5-4-6-11(12)14-13(15)17/h4-6,9H,7-8H2,1-3H3,(H,14,17). The smallest absolute Gasteiger partial charge is 0.178 e. The number of aromatic nitrogens is 2. The van der Waals surface area contributed by atoms with E-state index >= 15 is 0 Å². The van der Waals surface area contributed by atoms with Crippen molar-refractivity contribution in [1.29, 1.82) is 0 Å². The third-order valence-corrected chi connectivity index (χ3v) is 3.26. The molecule has 0 aliphatic rings. The van der Waals surface area contributed by atoms with E-state index in [-0.39, 0.29) is 0 Å². The quantitative estimate of drug-likeness (QED) is 0.844. The number of hydrogen-bond donors (Lipinski definition) is 1. The first kappa shape index (κ1) is 12.3. The molecule has 92 valence electrons. The van der Waals surface area contributed by atoms with E-state index in [9.17, 15) is 0 Å². The number of methoxy groups -OCH3 is 1. The molecule has 0 radical (unpaired) electrons. The molecule has 2 aromatic rings. The van der Waals surface area contributed by atoms with E-state index in [0.29, 0.717) is 5.92 Å². The first-order chi connectivity index (χ1) is 8.13. The Labute approximate surface area is 106 Å². The van der Waals surface area contributed by atoms with Gasteiger partial charge in [0.1, 0.15) is 0 Å². The topological polar surface area (TPSA) is 29.9 Å². The number of aromatic amines is 1. The number of ether oxygens (including phenoxy) is 1.